The Morgan fingerprint density at radius 2 is 1.96 bits per heavy atom. The third kappa shape index (κ3) is 3.58. The number of benzene rings is 1. The smallest absolute Gasteiger partial charge is 0.321 e. The summed E-state index contributed by atoms with van der Waals surface area (Å²) in [5.41, 5.74) is 1.77. The molecule has 4 rings (SSSR count). The van der Waals surface area contributed by atoms with E-state index in [0.717, 1.165) is 33.3 Å². The molecule has 0 radical (unpaired) electrons. The maximum Gasteiger partial charge on any atom is 0.321 e. The van der Waals surface area contributed by atoms with Gasteiger partial charge in [-0.3, -0.25) is 0 Å². The fourth-order valence-electron chi connectivity index (χ4n) is 2.84. The maximum absolute atomic E-state index is 12.6. The van der Waals surface area contributed by atoms with E-state index in [4.69, 9.17) is 0 Å². The van der Waals surface area contributed by atoms with Crippen molar-refractivity contribution in [3.05, 3.63) is 36.7 Å². The van der Waals surface area contributed by atoms with Gasteiger partial charge in [-0.2, -0.15) is 0 Å². The normalized spacial score (nSPS) is 14.7. The molecule has 0 saturated carbocycles. The van der Waals surface area contributed by atoms with Crippen LogP contribution in [-0.4, -0.2) is 58.3 Å². The van der Waals surface area contributed by atoms with Gasteiger partial charge in [0.15, 0.2) is 4.34 Å². The lowest BCUT2D eigenvalue weighted by atomic mass is 10.3. The average Bonchev–Trinajstić information content (AvgIpc) is 3.11. The number of piperazine rings is 1. The third-order valence-corrected chi connectivity index (χ3v) is 6.20. The van der Waals surface area contributed by atoms with Crippen LogP contribution in [0, 0.1) is 0 Å². The predicted molar refractivity (Wildman–Crippen MR) is 106 cm³/mol. The number of thiazole rings is 1. The molecule has 7 nitrogen and oxygen atoms in total. The van der Waals surface area contributed by atoms with Crippen molar-refractivity contribution in [1.29, 1.82) is 0 Å². The number of thioether (sulfide) groups is 1. The van der Waals surface area contributed by atoms with E-state index in [1.807, 2.05) is 29.4 Å². The number of amides is 2. The second-order valence-electron chi connectivity index (χ2n) is 5.82. The summed E-state index contributed by atoms with van der Waals surface area (Å²) in [4.78, 5) is 29.5. The molecule has 1 N–H and O–H groups in total. The minimum absolute atomic E-state index is 0.0763. The van der Waals surface area contributed by atoms with Crippen LogP contribution in [0.2, 0.25) is 0 Å². The highest BCUT2D eigenvalue weighted by molar-refractivity contribution is 8.00. The molecule has 3 aromatic rings. The molecule has 26 heavy (non-hydrogen) atoms. The summed E-state index contributed by atoms with van der Waals surface area (Å²) in [6, 6.07) is 7.56. The summed E-state index contributed by atoms with van der Waals surface area (Å²) in [5.74, 6) is 0.716. The summed E-state index contributed by atoms with van der Waals surface area (Å²) >= 11 is 3.27. The number of nitrogens with one attached hydrogen (secondary N) is 1. The van der Waals surface area contributed by atoms with Gasteiger partial charge in [-0.25, -0.2) is 19.7 Å². The van der Waals surface area contributed by atoms with Crippen molar-refractivity contribution >= 4 is 51.0 Å². The van der Waals surface area contributed by atoms with Crippen molar-refractivity contribution in [3.8, 4) is 0 Å². The van der Waals surface area contributed by atoms with E-state index in [2.05, 4.69) is 25.2 Å². The van der Waals surface area contributed by atoms with Crippen molar-refractivity contribution in [2.45, 2.75) is 4.34 Å². The zero-order valence-corrected chi connectivity index (χ0v) is 15.9. The predicted octanol–water partition coefficient (Wildman–Crippen LogP) is 3.16. The standard InChI is InChI=1S/C17H18N6OS2/c1-25-17-21-13-4-3-12(11-14(13)26-17)20-16(24)23-9-7-22(8-10-23)15-18-5-2-6-19-15/h2-6,11H,7-10H2,1H3,(H,20,24). The Morgan fingerprint density at radius 3 is 2.69 bits per heavy atom. The molecular formula is C17H18N6OS2. The number of anilines is 2. The van der Waals surface area contributed by atoms with Gasteiger partial charge in [-0.15, -0.1) is 11.3 Å². The Labute approximate surface area is 159 Å². The first-order valence-electron chi connectivity index (χ1n) is 8.25. The molecule has 1 fully saturated rings. The molecule has 0 spiro atoms. The van der Waals surface area contributed by atoms with Gasteiger partial charge < -0.3 is 15.1 Å². The number of aromatic nitrogens is 3. The minimum Gasteiger partial charge on any atom is -0.337 e. The second-order valence-corrected chi connectivity index (χ2v) is 7.90. The third-order valence-electron chi connectivity index (χ3n) is 4.20. The molecule has 0 bridgehead atoms. The lowest BCUT2D eigenvalue weighted by Crippen LogP contribution is -2.50. The largest absolute Gasteiger partial charge is 0.337 e. The maximum atomic E-state index is 12.6. The number of hydrogen-bond donors (Lipinski definition) is 1. The molecule has 134 valence electrons. The van der Waals surface area contributed by atoms with Gasteiger partial charge in [0.05, 0.1) is 10.2 Å². The second kappa shape index (κ2) is 7.46. The van der Waals surface area contributed by atoms with Crippen LogP contribution in [0.4, 0.5) is 16.4 Å². The van der Waals surface area contributed by atoms with E-state index in [0.29, 0.717) is 19.0 Å². The number of fused-ring (bicyclic) bond motifs is 1. The van der Waals surface area contributed by atoms with Gasteiger partial charge >= 0.3 is 6.03 Å². The fraction of sp³-hybridized carbons (Fsp3) is 0.294. The van der Waals surface area contributed by atoms with Crippen LogP contribution in [0.15, 0.2) is 41.0 Å². The fourth-order valence-corrected chi connectivity index (χ4v) is 4.36. The number of nitrogens with zero attached hydrogens (tertiary/aromatic N) is 5. The Kier molecular flexibility index (Phi) is 4.89. The molecule has 1 saturated heterocycles. The minimum atomic E-state index is -0.0763. The van der Waals surface area contributed by atoms with E-state index in [1.165, 1.54) is 0 Å². The molecule has 1 aliphatic rings. The first-order valence-corrected chi connectivity index (χ1v) is 10.3. The summed E-state index contributed by atoms with van der Waals surface area (Å²) in [7, 11) is 0. The van der Waals surface area contributed by atoms with Gasteiger partial charge in [0, 0.05) is 44.3 Å². The van der Waals surface area contributed by atoms with Crippen LogP contribution >= 0.6 is 23.1 Å². The molecule has 0 unspecified atom stereocenters. The number of hydrogen-bond acceptors (Lipinski definition) is 7. The van der Waals surface area contributed by atoms with E-state index < -0.39 is 0 Å². The number of rotatable bonds is 3. The Morgan fingerprint density at radius 1 is 1.19 bits per heavy atom. The van der Waals surface area contributed by atoms with Crippen LogP contribution < -0.4 is 10.2 Å². The Bertz CT molecular complexity index is 908. The van der Waals surface area contributed by atoms with Gasteiger partial charge in [0.1, 0.15) is 0 Å². The first kappa shape index (κ1) is 17.0. The summed E-state index contributed by atoms with van der Waals surface area (Å²) < 4.78 is 2.11. The first-order chi connectivity index (χ1) is 12.7. The quantitative estimate of drug-likeness (QED) is 0.697. The van der Waals surface area contributed by atoms with Crippen LogP contribution in [0.25, 0.3) is 10.2 Å². The molecule has 1 aromatic carbocycles. The summed E-state index contributed by atoms with van der Waals surface area (Å²) in [5, 5.41) is 2.99. The highest BCUT2D eigenvalue weighted by Crippen LogP contribution is 2.30. The zero-order valence-electron chi connectivity index (χ0n) is 14.3. The monoisotopic (exact) mass is 386 g/mol. The highest BCUT2D eigenvalue weighted by atomic mass is 32.2. The average molecular weight is 387 g/mol. The van der Waals surface area contributed by atoms with Gasteiger partial charge in [-0.05, 0) is 30.5 Å². The molecule has 3 heterocycles. The summed E-state index contributed by atoms with van der Waals surface area (Å²) in [6.45, 7) is 2.73. The molecule has 0 atom stereocenters. The highest BCUT2D eigenvalue weighted by Gasteiger charge is 2.22. The van der Waals surface area contributed by atoms with Crippen LogP contribution in [0.5, 0.6) is 0 Å². The van der Waals surface area contributed by atoms with E-state index in [1.54, 1.807) is 41.6 Å². The van der Waals surface area contributed by atoms with Crippen LogP contribution in [0.3, 0.4) is 0 Å². The SMILES string of the molecule is CSc1nc2ccc(NC(=O)N3CCN(c4ncccn4)CC3)cc2s1. The van der Waals surface area contributed by atoms with Crippen molar-refractivity contribution in [2.24, 2.45) is 0 Å². The summed E-state index contributed by atoms with van der Waals surface area (Å²) in [6.07, 6.45) is 5.49. The zero-order chi connectivity index (χ0) is 17.9. The van der Waals surface area contributed by atoms with E-state index >= 15 is 0 Å². The number of urea groups is 1. The van der Waals surface area contributed by atoms with Crippen molar-refractivity contribution in [3.63, 3.8) is 0 Å². The van der Waals surface area contributed by atoms with Crippen molar-refractivity contribution in [1.82, 2.24) is 19.9 Å². The molecule has 2 aromatic heterocycles. The van der Waals surface area contributed by atoms with Gasteiger partial charge in [0.2, 0.25) is 5.95 Å². The number of carbonyl (C=O) groups is 1. The molecule has 1 aliphatic heterocycles. The van der Waals surface area contributed by atoms with Crippen LogP contribution in [-0.2, 0) is 0 Å². The topological polar surface area (TPSA) is 74.2 Å². The van der Waals surface area contributed by atoms with Gasteiger partial charge in [-0.1, -0.05) is 11.8 Å². The lowest BCUT2D eigenvalue weighted by molar-refractivity contribution is 0.208. The van der Waals surface area contributed by atoms with Crippen molar-refractivity contribution < 1.29 is 4.79 Å². The van der Waals surface area contributed by atoms with E-state index in [-0.39, 0.29) is 6.03 Å². The Hall–Kier alpha value is -2.39. The van der Waals surface area contributed by atoms with E-state index in [9.17, 15) is 4.79 Å². The molecule has 9 heteroatoms. The van der Waals surface area contributed by atoms with Gasteiger partial charge in [0.25, 0.3) is 0 Å². The molecule has 2 amide bonds. The lowest BCUT2D eigenvalue weighted by Gasteiger charge is -2.34. The molecular weight excluding hydrogens is 368 g/mol. The Balaban J connectivity index is 1.38. The van der Waals surface area contributed by atoms with Crippen LogP contribution in [0.1, 0.15) is 0 Å². The van der Waals surface area contributed by atoms with Crippen molar-refractivity contribution in [2.75, 3.05) is 42.7 Å². The number of carbonyl (C=O) groups excluding carboxylic acids is 1. The molecule has 0 aliphatic carbocycles.